The van der Waals surface area contributed by atoms with Crippen LogP contribution in [0.2, 0.25) is 0 Å². The van der Waals surface area contributed by atoms with E-state index in [0.29, 0.717) is 0 Å². The Kier molecular flexibility index (Phi) is 2.95. The van der Waals surface area contributed by atoms with Crippen molar-refractivity contribution in [2.75, 3.05) is 13.4 Å². The monoisotopic (exact) mass is 242 g/mol. The van der Waals surface area contributed by atoms with Crippen molar-refractivity contribution >= 4 is 45.8 Å². The molecule has 2 rings (SSSR count). The number of thiol groups is 1. The second kappa shape index (κ2) is 4.04. The van der Waals surface area contributed by atoms with Crippen molar-refractivity contribution < 1.29 is 4.74 Å². The maximum absolute atomic E-state index is 5.28. The highest BCUT2D eigenvalue weighted by atomic mass is 32.2. The number of hydrogen-bond donors (Lipinski definition) is 1. The molecular weight excluding hydrogens is 232 g/mol. The van der Waals surface area contributed by atoms with E-state index in [1.807, 2.05) is 6.07 Å². The zero-order valence-electron chi connectivity index (χ0n) is 7.90. The Hall–Kier alpha value is -0.320. The second-order valence-corrected chi connectivity index (χ2v) is 5.00. The number of benzene rings is 1. The van der Waals surface area contributed by atoms with Gasteiger partial charge < -0.3 is 4.74 Å². The summed E-state index contributed by atoms with van der Waals surface area (Å²) in [6.45, 7) is 0. The van der Waals surface area contributed by atoms with E-state index in [0.717, 1.165) is 10.6 Å². The fraction of sp³-hybridized carbons (Fsp3) is 0.200. The summed E-state index contributed by atoms with van der Waals surface area (Å²) in [5, 5.41) is 3.27. The lowest BCUT2D eigenvalue weighted by Crippen LogP contribution is -1.85. The molecule has 0 saturated heterocycles. The maximum atomic E-state index is 5.28. The summed E-state index contributed by atoms with van der Waals surface area (Å²) < 4.78 is 6.57. The number of methoxy groups -OCH3 is 1. The highest BCUT2D eigenvalue weighted by Gasteiger charge is 2.10. The van der Waals surface area contributed by atoms with Crippen LogP contribution in [0, 0.1) is 0 Å². The average Bonchev–Trinajstić information content (AvgIpc) is 2.68. The van der Waals surface area contributed by atoms with Gasteiger partial charge in [-0.3, -0.25) is 0 Å². The molecule has 1 aromatic heterocycles. The first-order valence-corrected chi connectivity index (χ1v) is 6.64. The molecule has 0 N–H and O–H groups in total. The van der Waals surface area contributed by atoms with Crippen LogP contribution in [0.3, 0.4) is 0 Å². The molecule has 1 aromatic carbocycles. The number of hydrogen-bond acceptors (Lipinski definition) is 4. The summed E-state index contributed by atoms with van der Waals surface area (Å²) in [6.07, 6.45) is 2.08. The van der Waals surface area contributed by atoms with E-state index in [9.17, 15) is 0 Å². The SMILES string of the molecule is COc1cc(SC)c2sccc2c1S. The van der Waals surface area contributed by atoms with Crippen LogP contribution in [0.5, 0.6) is 5.75 Å². The van der Waals surface area contributed by atoms with Crippen LogP contribution in [0.15, 0.2) is 27.3 Å². The smallest absolute Gasteiger partial charge is 0.133 e. The lowest BCUT2D eigenvalue weighted by atomic mass is 10.2. The molecule has 0 bridgehead atoms. The van der Waals surface area contributed by atoms with Gasteiger partial charge in [-0.25, -0.2) is 0 Å². The minimum Gasteiger partial charge on any atom is -0.496 e. The summed E-state index contributed by atoms with van der Waals surface area (Å²) in [5.41, 5.74) is 0. The highest BCUT2D eigenvalue weighted by molar-refractivity contribution is 7.99. The third kappa shape index (κ3) is 1.51. The van der Waals surface area contributed by atoms with Crippen molar-refractivity contribution in [3.05, 3.63) is 17.5 Å². The van der Waals surface area contributed by atoms with Crippen molar-refractivity contribution in [1.82, 2.24) is 0 Å². The van der Waals surface area contributed by atoms with Crippen molar-refractivity contribution in [3.63, 3.8) is 0 Å². The number of rotatable bonds is 2. The van der Waals surface area contributed by atoms with Crippen molar-refractivity contribution in [1.29, 1.82) is 0 Å². The minimum absolute atomic E-state index is 0.851. The molecule has 74 valence electrons. The van der Waals surface area contributed by atoms with Gasteiger partial charge in [0.15, 0.2) is 0 Å². The van der Waals surface area contributed by atoms with Crippen LogP contribution in [0.25, 0.3) is 10.1 Å². The number of thiophene rings is 1. The molecule has 0 aliphatic rings. The van der Waals surface area contributed by atoms with Crippen molar-refractivity contribution in [2.45, 2.75) is 9.79 Å². The second-order valence-electron chi connectivity index (χ2n) is 2.79. The van der Waals surface area contributed by atoms with Crippen LogP contribution >= 0.6 is 35.7 Å². The molecule has 0 amide bonds. The van der Waals surface area contributed by atoms with Gasteiger partial charge in [0.1, 0.15) is 5.75 Å². The third-order valence-corrected chi connectivity index (χ3v) is 4.38. The van der Waals surface area contributed by atoms with Crippen molar-refractivity contribution in [3.8, 4) is 5.75 Å². The maximum Gasteiger partial charge on any atom is 0.133 e. The topological polar surface area (TPSA) is 9.23 Å². The first-order chi connectivity index (χ1) is 6.77. The van der Waals surface area contributed by atoms with Gasteiger partial charge in [-0.1, -0.05) is 0 Å². The standard InChI is InChI=1S/C10H10OS3/c1-11-7-5-8(13-2)10-6(9(7)12)3-4-14-10/h3-5,12H,1-2H3. The Morgan fingerprint density at radius 3 is 2.93 bits per heavy atom. The van der Waals surface area contributed by atoms with E-state index < -0.39 is 0 Å². The summed E-state index contributed by atoms with van der Waals surface area (Å²) in [7, 11) is 1.68. The van der Waals surface area contributed by atoms with Crippen LogP contribution in [0.1, 0.15) is 0 Å². The van der Waals surface area contributed by atoms with Gasteiger partial charge in [-0.15, -0.1) is 35.7 Å². The summed E-state index contributed by atoms with van der Waals surface area (Å²) >= 11 is 7.95. The molecule has 0 spiro atoms. The Bertz CT molecular complexity index is 462. The summed E-state index contributed by atoms with van der Waals surface area (Å²) in [5.74, 6) is 0.851. The predicted molar refractivity (Wildman–Crippen MR) is 67.4 cm³/mol. The van der Waals surface area contributed by atoms with E-state index >= 15 is 0 Å². The fourth-order valence-electron chi connectivity index (χ4n) is 1.38. The lowest BCUT2D eigenvalue weighted by molar-refractivity contribution is 0.405. The minimum atomic E-state index is 0.851. The largest absolute Gasteiger partial charge is 0.496 e. The average molecular weight is 242 g/mol. The molecule has 0 atom stereocenters. The van der Waals surface area contributed by atoms with Gasteiger partial charge >= 0.3 is 0 Å². The molecular formula is C10H10OS3. The Balaban J connectivity index is 2.80. The molecule has 0 aliphatic carbocycles. The number of thioether (sulfide) groups is 1. The third-order valence-electron chi connectivity index (χ3n) is 2.08. The molecule has 1 nitrogen and oxygen atoms in total. The van der Waals surface area contributed by atoms with Gasteiger partial charge in [0.2, 0.25) is 0 Å². The summed E-state index contributed by atoms with van der Waals surface area (Å²) in [6, 6.07) is 4.14. The van der Waals surface area contributed by atoms with Crippen LogP contribution < -0.4 is 4.74 Å². The Labute approximate surface area is 96.9 Å². The van der Waals surface area contributed by atoms with Gasteiger partial charge in [-0.05, 0) is 23.8 Å². The zero-order chi connectivity index (χ0) is 10.1. The van der Waals surface area contributed by atoms with Gasteiger partial charge in [0, 0.05) is 15.0 Å². The van der Waals surface area contributed by atoms with E-state index in [-0.39, 0.29) is 0 Å². The first kappa shape index (κ1) is 10.2. The molecule has 0 radical (unpaired) electrons. The Morgan fingerprint density at radius 1 is 1.50 bits per heavy atom. The summed E-state index contributed by atoms with van der Waals surface area (Å²) in [4.78, 5) is 2.19. The molecule has 14 heavy (non-hydrogen) atoms. The van der Waals surface area contributed by atoms with Gasteiger partial charge in [-0.2, -0.15) is 0 Å². The molecule has 0 saturated carbocycles. The molecule has 2 aromatic rings. The molecule has 1 heterocycles. The van der Waals surface area contributed by atoms with Gasteiger partial charge in [0.05, 0.1) is 12.0 Å². The fourth-order valence-corrected chi connectivity index (χ4v) is 3.52. The molecule has 0 unspecified atom stereocenters. The van der Waals surface area contributed by atoms with E-state index in [1.54, 1.807) is 30.2 Å². The van der Waals surface area contributed by atoms with Crippen LogP contribution in [-0.2, 0) is 0 Å². The number of ether oxygens (including phenoxy) is 1. The molecule has 0 fully saturated rings. The van der Waals surface area contributed by atoms with E-state index in [2.05, 4.69) is 30.3 Å². The van der Waals surface area contributed by atoms with Gasteiger partial charge in [0.25, 0.3) is 0 Å². The zero-order valence-corrected chi connectivity index (χ0v) is 10.4. The predicted octanol–water partition coefficient (Wildman–Crippen LogP) is 3.92. The first-order valence-electron chi connectivity index (χ1n) is 4.09. The van der Waals surface area contributed by atoms with Crippen LogP contribution in [0.4, 0.5) is 0 Å². The highest BCUT2D eigenvalue weighted by Crippen LogP contribution is 2.40. The molecule has 4 heteroatoms. The van der Waals surface area contributed by atoms with E-state index in [4.69, 9.17) is 4.74 Å². The van der Waals surface area contributed by atoms with Crippen molar-refractivity contribution in [2.24, 2.45) is 0 Å². The Morgan fingerprint density at radius 2 is 2.29 bits per heavy atom. The lowest BCUT2D eigenvalue weighted by Gasteiger charge is -2.07. The number of fused-ring (bicyclic) bond motifs is 1. The van der Waals surface area contributed by atoms with Crippen LogP contribution in [-0.4, -0.2) is 13.4 Å². The normalized spacial score (nSPS) is 10.8. The van der Waals surface area contributed by atoms with E-state index in [1.165, 1.54) is 15.0 Å². The molecule has 0 aliphatic heterocycles. The quantitative estimate of drug-likeness (QED) is 0.631.